The van der Waals surface area contributed by atoms with Crippen molar-refractivity contribution in [3.05, 3.63) is 53.9 Å². The summed E-state index contributed by atoms with van der Waals surface area (Å²) in [6.45, 7) is 2.78. The molecule has 2 aromatic carbocycles. The Kier molecular flexibility index (Phi) is 5.97. The van der Waals surface area contributed by atoms with Crippen LogP contribution in [0.3, 0.4) is 0 Å². The minimum atomic E-state index is -3.64. The monoisotopic (exact) mass is 443 g/mol. The van der Waals surface area contributed by atoms with Crippen LogP contribution in [0, 0.1) is 6.92 Å². The molecule has 8 nitrogen and oxygen atoms in total. The molecule has 0 radical (unpaired) electrons. The van der Waals surface area contributed by atoms with Crippen molar-refractivity contribution in [1.82, 2.24) is 14.5 Å². The first-order chi connectivity index (χ1) is 14.9. The zero-order chi connectivity index (χ0) is 22.0. The van der Waals surface area contributed by atoms with Crippen LogP contribution >= 0.6 is 0 Å². The first-order valence-corrected chi connectivity index (χ1v) is 11.5. The molecule has 0 bridgehead atoms. The summed E-state index contributed by atoms with van der Waals surface area (Å²) in [4.78, 5) is 0.183. The molecule has 0 atom stereocenters. The van der Waals surface area contributed by atoms with Crippen molar-refractivity contribution in [2.45, 2.75) is 30.6 Å². The van der Waals surface area contributed by atoms with E-state index in [0.717, 1.165) is 11.1 Å². The van der Waals surface area contributed by atoms with Crippen LogP contribution in [0.2, 0.25) is 0 Å². The minimum absolute atomic E-state index is 0.0311. The summed E-state index contributed by atoms with van der Waals surface area (Å²) in [5.41, 5.74) is 2.03. The Morgan fingerprint density at radius 1 is 0.968 bits per heavy atom. The van der Waals surface area contributed by atoms with E-state index in [4.69, 9.17) is 13.9 Å². The lowest BCUT2D eigenvalue weighted by atomic mass is 9.98. The van der Waals surface area contributed by atoms with E-state index in [1.807, 2.05) is 31.2 Å². The number of ether oxygens (including phenoxy) is 2. The second kappa shape index (κ2) is 8.68. The fraction of sp³-hybridized carbons (Fsp3) is 0.364. The smallest absolute Gasteiger partial charge is 0.247 e. The van der Waals surface area contributed by atoms with Gasteiger partial charge in [-0.15, -0.1) is 10.2 Å². The van der Waals surface area contributed by atoms with Crippen LogP contribution in [0.25, 0.3) is 11.5 Å². The molecule has 0 unspecified atom stereocenters. The first kappa shape index (κ1) is 21.3. The molecule has 1 aliphatic rings. The molecule has 9 heteroatoms. The second-order valence-electron chi connectivity index (χ2n) is 7.51. The number of methoxy groups -OCH3 is 2. The fourth-order valence-corrected chi connectivity index (χ4v) is 5.17. The summed E-state index contributed by atoms with van der Waals surface area (Å²) in [6, 6.07) is 12.5. The van der Waals surface area contributed by atoms with Crippen molar-refractivity contribution in [2.75, 3.05) is 27.3 Å². The minimum Gasteiger partial charge on any atom is -0.493 e. The molecular formula is C22H25N3O5S. The molecule has 0 aliphatic carbocycles. The zero-order valence-corrected chi connectivity index (χ0v) is 18.6. The van der Waals surface area contributed by atoms with Crippen molar-refractivity contribution >= 4 is 10.0 Å². The number of sulfonamides is 1. The number of benzene rings is 2. The van der Waals surface area contributed by atoms with Gasteiger partial charge in [0.05, 0.1) is 19.1 Å². The van der Waals surface area contributed by atoms with E-state index in [9.17, 15) is 8.42 Å². The summed E-state index contributed by atoms with van der Waals surface area (Å²) in [7, 11) is -0.642. The van der Waals surface area contributed by atoms with E-state index >= 15 is 0 Å². The van der Waals surface area contributed by atoms with Gasteiger partial charge >= 0.3 is 0 Å². The summed E-state index contributed by atoms with van der Waals surface area (Å²) < 4.78 is 44.0. The lowest BCUT2D eigenvalue weighted by Gasteiger charge is -2.29. The van der Waals surface area contributed by atoms with Crippen LogP contribution in [0.4, 0.5) is 0 Å². The summed E-state index contributed by atoms with van der Waals surface area (Å²) in [5, 5.41) is 8.38. The van der Waals surface area contributed by atoms with Crippen LogP contribution < -0.4 is 9.47 Å². The maximum absolute atomic E-state index is 13.1. The number of aryl methyl sites for hydroxylation is 1. The Hall–Kier alpha value is -2.91. The molecule has 0 amide bonds. The largest absolute Gasteiger partial charge is 0.493 e. The fourth-order valence-electron chi connectivity index (χ4n) is 3.68. The van der Waals surface area contributed by atoms with E-state index < -0.39 is 10.0 Å². The van der Waals surface area contributed by atoms with Gasteiger partial charge in [-0.1, -0.05) is 17.7 Å². The normalized spacial score (nSPS) is 15.7. The first-order valence-electron chi connectivity index (χ1n) is 10.0. The zero-order valence-electron chi connectivity index (χ0n) is 17.7. The van der Waals surface area contributed by atoms with Crippen LogP contribution in [0.15, 0.2) is 51.8 Å². The second-order valence-corrected chi connectivity index (χ2v) is 9.44. The highest BCUT2D eigenvalue weighted by Gasteiger charge is 2.32. The maximum atomic E-state index is 13.1. The Balaban J connectivity index is 1.45. The number of hydrogen-bond acceptors (Lipinski definition) is 7. The van der Waals surface area contributed by atoms with Gasteiger partial charge in [0.15, 0.2) is 11.5 Å². The molecule has 4 rings (SSSR count). The Bertz CT molecular complexity index is 1150. The Morgan fingerprint density at radius 2 is 1.65 bits per heavy atom. The molecule has 0 saturated carbocycles. The van der Waals surface area contributed by atoms with E-state index in [0.29, 0.717) is 49.2 Å². The third kappa shape index (κ3) is 4.28. The van der Waals surface area contributed by atoms with E-state index in [-0.39, 0.29) is 10.8 Å². The quantitative estimate of drug-likeness (QED) is 0.574. The van der Waals surface area contributed by atoms with E-state index in [1.54, 1.807) is 6.07 Å². The van der Waals surface area contributed by atoms with Crippen LogP contribution in [0.1, 0.15) is 30.2 Å². The molecule has 1 fully saturated rings. The van der Waals surface area contributed by atoms with Gasteiger partial charge in [0.2, 0.25) is 21.8 Å². The highest BCUT2D eigenvalue weighted by atomic mass is 32.2. The SMILES string of the molecule is COc1ccc(S(=O)(=O)N2CCC(c3nnc(-c4ccc(C)cc4)o3)CC2)cc1OC. The van der Waals surface area contributed by atoms with Crippen LogP contribution in [-0.2, 0) is 10.0 Å². The van der Waals surface area contributed by atoms with Crippen LogP contribution in [0.5, 0.6) is 11.5 Å². The van der Waals surface area contributed by atoms with Crippen molar-refractivity contribution in [3.8, 4) is 23.0 Å². The molecule has 0 N–H and O–H groups in total. The average molecular weight is 444 g/mol. The maximum Gasteiger partial charge on any atom is 0.247 e. The molecule has 1 aliphatic heterocycles. The van der Waals surface area contributed by atoms with Crippen molar-refractivity contribution < 1.29 is 22.3 Å². The molecule has 1 aromatic heterocycles. The predicted octanol–water partition coefficient (Wildman–Crippen LogP) is 3.63. The third-order valence-corrected chi connectivity index (χ3v) is 7.43. The van der Waals surface area contributed by atoms with Crippen molar-refractivity contribution in [1.29, 1.82) is 0 Å². The summed E-state index contributed by atoms with van der Waals surface area (Å²) >= 11 is 0. The highest BCUT2D eigenvalue weighted by molar-refractivity contribution is 7.89. The van der Waals surface area contributed by atoms with Gasteiger partial charge in [-0.25, -0.2) is 8.42 Å². The van der Waals surface area contributed by atoms with Gasteiger partial charge in [0, 0.05) is 30.6 Å². The van der Waals surface area contributed by atoms with Crippen LogP contribution in [-0.4, -0.2) is 50.2 Å². The van der Waals surface area contributed by atoms with E-state index in [1.165, 1.54) is 30.7 Å². The summed E-state index contributed by atoms with van der Waals surface area (Å²) in [6.07, 6.45) is 1.23. The lowest BCUT2D eigenvalue weighted by Crippen LogP contribution is -2.38. The lowest BCUT2D eigenvalue weighted by molar-refractivity contribution is 0.291. The van der Waals surface area contributed by atoms with Gasteiger partial charge in [-0.05, 0) is 44.0 Å². The summed E-state index contributed by atoms with van der Waals surface area (Å²) in [5.74, 6) is 1.94. The van der Waals surface area contributed by atoms with Gasteiger partial charge in [-0.3, -0.25) is 0 Å². The Labute approximate surface area is 181 Å². The van der Waals surface area contributed by atoms with Gasteiger partial charge in [-0.2, -0.15) is 4.31 Å². The number of nitrogens with zero attached hydrogens (tertiary/aromatic N) is 3. The molecule has 31 heavy (non-hydrogen) atoms. The van der Waals surface area contributed by atoms with E-state index in [2.05, 4.69) is 10.2 Å². The van der Waals surface area contributed by atoms with Gasteiger partial charge < -0.3 is 13.9 Å². The van der Waals surface area contributed by atoms with Gasteiger partial charge in [0.25, 0.3) is 0 Å². The molecule has 1 saturated heterocycles. The number of hydrogen-bond donors (Lipinski definition) is 0. The third-order valence-electron chi connectivity index (χ3n) is 5.54. The molecule has 164 valence electrons. The molecule has 0 spiro atoms. The highest BCUT2D eigenvalue weighted by Crippen LogP contribution is 2.34. The predicted molar refractivity (Wildman–Crippen MR) is 115 cm³/mol. The van der Waals surface area contributed by atoms with Crippen molar-refractivity contribution in [2.24, 2.45) is 0 Å². The number of aromatic nitrogens is 2. The Morgan fingerprint density at radius 3 is 2.29 bits per heavy atom. The van der Waals surface area contributed by atoms with Gasteiger partial charge in [0.1, 0.15) is 0 Å². The topological polar surface area (TPSA) is 94.8 Å². The molecular weight excluding hydrogens is 418 g/mol. The molecule has 3 aromatic rings. The number of rotatable bonds is 6. The average Bonchev–Trinajstić information content (AvgIpc) is 3.29. The van der Waals surface area contributed by atoms with Crippen molar-refractivity contribution in [3.63, 3.8) is 0 Å². The standard InChI is InChI=1S/C22H25N3O5S/c1-15-4-6-16(7-5-15)21-23-24-22(30-21)17-10-12-25(13-11-17)31(26,27)18-8-9-19(28-2)20(14-18)29-3/h4-9,14,17H,10-13H2,1-3H3. The number of piperidine rings is 1. The molecule has 2 heterocycles.